The molecule has 1 atom stereocenters. The number of halogens is 1. The van der Waals surface area contributed by atoms with Crippen LogP contribution in [0.3, 0.4) is 0 Å². The summed E-state index contributed by atoms with van der Waals surface area (Å²) in [6.45, 7) is 4.29. The van der Waals surface area contributed by atoms with Crippen molar-refractivity contribution in [1.82, 2.24) is 9.55 Å². The molecule has 0 fully saturated rings. The van der Waals surface area contributed by atoms with Gasteiger partial charge in [0.05, 0.1) is 0 Å². The van der Waals surface area contributed by atoms with E-state index in [0.717, 1.165) is 41.7 Å². The molecule has 2 rings (SSSR count). The van der Waals surface area contributed by atoms with E-state index in [1.807, 2.05) is 12.4 Å². The highest BCUT2D eigenvalue weighted by molar-refractivity contribution is 9.10. The first-order valence-electron chi connectivity index (χ1n) is 7.22. The van der Waals surface area contributed by atoms with E-state index in [2.05, 4.69) is 57.5 Å². The monoisotopic (exact) mass is 335 g/mol. The second kappa shape index (κ2) is 7.04. The topological polar surface area (TPSA) is 43.8 Å². The third kappa shape index (κ3) is 3.49. The lowest BCUT2D eigenvalue weighted by Gasteiger charge is -2.13. The zero-order valence-electron chi connectivity index (χ0n) is 12.1. The molecule has 1 unspecified atom stereocenters. The first-order valence-corrected chi connectivity index (χ1v) is 8.01. The van der Waals surface area contributed by atoms with Crippen LogP contribution in [0.25, 0.3) is 5.69 Å². The summed E-state index contributed by atoms with van der Waals surface area (Å²) in [6.07, 6.45) is 7.87. The molecule has 0 saturated heterocycles. The van der Waals surface area contributed by atoms with E-state index in [0.29, 0.717) is 0 Å². The maximum atomic E-state index is 6.03. The predicted octanol–water partition coefficient (Wildman–Crippen LogP) is 3.87. The number of imidazole rings is 1. The first kappa shape index (κ1) is 15.3. The van der Waals surface area contributed by atoms with Crippen molar-refractivity contribution >= 4 is 15.9 Å². The van der Waals surface area contributed by atoms with Gasteiger partial charge in [-0.05, 0) is 37.0 Å². The van der Waals surface area contributed by atoms with E-state index >= 15 is 0 Å². The van der Waals surface area contributed by atoms with Crippen molar-refractivity contribution in [1.29, 1.82) is 0 Å². The maximum Gasteiger partial charge on any atom is 0.113 e. The van der Waals surface area contributed by atoms with Crippen molar-refractivity contribution in [2.45, 2.75) is 45.6 Å². The van der Waals surface area contributed by atoms with Gasteiger partial charge in [-0.1, -0.05) is 35.8 Å². The highest BCUT2D eigenvalue weighted by atomic mass is 79.9. The average Bonchev–Trinajstić information content (AvgIpc) is 2.89. The van der Waals surface area contributed by atoms with Crippen LogP contribution >= 0.6 is 15.9 Å². The van der Waals surface area contributed by atoms with Crippen LogP contribution < -0.4 is 5.73 Å². The summed E-state index contributed by atoms with van der Waals surface area (Å²) in [5.74, 6) is 1.11. The lowest BCUT2D eigenvalue weighted by atomic mass is 10.0. The molecule has 0 spiro atoms. The van der Waals surface area contributed by atoms with E-state index in [1.165, 1.54) is 5.56 Å². The zero-order chi connectivity index (χ0) is 14.5. The van der Waals surface area contributed by atoms with Crippen molar-refractivity contribution in [3.63, 3.8) is 0 Å². The molecule has 0 saturated carbocycles. The van der Waals surface area contributed by atoms with Crippen LogP contribution in [0.2, 0.25) is 0 Å². The van der Waals surface area contributed by atoms with Crippen LogP contribution in [-0.2, 0) is 12.8 Å². The maximum absolute atomic E-state index is 6.03. The first-order chi connectivity index (χ1) is 9.65. The van der Waals surface area contributed by atoms with Gasteiger partial charge in [0.2, 0.25) is 0 Å². The van der Waals surface area contributed by atoms with Crippen molar-refractivity contribution in [3.05, 3.63) is 46.5 Å². The Morgan fingerprint density at radius 3 is 2.80 bits per heavy atom. The second-order valence-corrected chi connectivity index (χ2v) is 5.97. The molecule has 0 bridgehead atoms. The fourth-order valence-electron chi connectivity index (χ4n) is 2.26. The zero-order valence-corrected chi connectivity index (χ0v) is 13.7. The van der Waals surface area contributed by atoms with Crippen molar-refractivity contribution in [3.8, 4) is 5.69 Å². The molecular formula is C16H22BrN3. The largest absolute Gasteiger partial charge is 0.327 e. The van der Waals surface area contributed by atoms with Gasteiger partial charge < -0.3 is 10.3 Å². The molecule has 0 aliphatic heterocycles. The minimum atomic E-state index is 0.223. The molecule has 0 amide bonds. The number of nitrogens with zero attached hydrogens (tertiary/aromatic N) is 2. The highest BCUT2D eigenvalue weighted by Gasteiger charge is 2.09. The van der Waals surface area contributed by atoms with Crippen LogP contribution in [-0.4, -0.2) is 15.6 Å². The smallest absolute Gasteiger partial charge is 0.113 e. The highest BCUT2D eigenvalue weighted by Crippen LogP contribution is 2.23. The van der Waals surface area contributed by atoms with E-state index in [9.17, 15) is 0 Å². The Bertz CT molecular complexity index is 563. The van der Waals surface area contributed by atoms with E-state index in [1.54, 1.807) is 0 Å². The fraction of sp³-hybridized carbons (Fsp3) is 0.438. The SMILES string of the molecule is CCCc1nccn1-c1ccc(CC(N)CC)c(Br)c1. The lowest BCUT2D eigenvalue weighted by molar-refractivity contribution is 0.645. The Kier molecular flexibility index (Phi) is 5.38. The summed E-state index contributed by atoms with van der Waals surface area (Å²) in [6, 6.07) is 6.67. The molecule has 0 aliphatic carbocycles. The van der Waals surface area contributed by atoms with Gasteiger partial charge >= 0.3 is 0 Å². The quantitative estimate of drug-likeness (QED) is 0.870. The van der Waals surface area contributed by atoms with Gasteiger partial charge in [-0.3, -0.25) is 0 Å². The van der Waals surface area contributed by atoms with E-state index in [-0.39, 0.29) is 6.04 Å². The minimum absolute atomic E-state index is 0.223. The molecule has 3 nitrogen and oxygen atoms in total. The standard InChI is InChI=1S/C16H22BrN3/c1-3-5-16-19-8-9-20(16)14-7-6-12(15(17)11-14)10-13(18)4-2/h6-9,11,13H,3-5,10,18H2,1-2H3. The van der Waals surface area contributed by atoms with E-state index in [4.69, 9.17) is 5.73 Å². The van der Waals surface area contributed by atoms with Crippen molar-refractivity contribution in [2.24, 2.45) is 5.73 Å². The van der Waals surface area contributed by atoms with Crippen LogP contribution in [0, 0.1) is 0 Å². The minimum Gasteiger partial charge on any atom is -0.327 e. The van der Waals surface area contributed by atoms with Gasteiger partial charge in [0.25, 0.3) is 0 Å². The number of hydrogen-bond donors (Lipinski definition) is 1. The fourth-order valence-corrected chi connectivity index (χ4v) is 2.78. The normalized spacial score (nSPS) is 12.6. The lowest BCUT2D eigenvalue weighted by Crippen LogP contribution is -2.21. The van der Waals surface area contributed by atoms with Crippen molar-refractivity contribution in [2.75, 3.05) is 0 Å². The number of aryl methyl sites for hydroxylation is 1. The van der Waals surface area contributed by atoms with Crippen LogP contribution in [0.4, 0.5) is 0 Å². The van der Waals surface area contributed by atoms with Gasteiger partial charge in [-0.2, -0.15) is 0 Å². The van der Waals surface area contributed by atoms with Gasteiger partial charge in [0.15, 0.2) is 0 Å². The van der Waals surface area contributed by atoms with Gasteiger partial charge in [0.1, 0.15) is 5.82 Å². The molecule has 4 heteroatoms. The summed E-state index contributed by atoms with van der Waals surface area (Å²) in [7, 11) is 0. The number of nitrogens with two attached hydrogens (primary N) is 1. The van der Waals surface area contributed by atoms with E-state index < -0.39 is 0 Å². The van der Waals surface area contributed by atoms with Gasteiger partial charge in [0, 0.05) is 35.0 Å². The van der Waals surface area contributed by atoms with Crippen LogP contribution in [0.5, 0.6) is 0 Å². The molecule has 0 aliphatic rings. The molecule has 1 heterocycles. The summed E-state index contributed by atoms with van der Waals surface area (Å²) in [5, 5.41) is 0. The number of benzene rings is 1. The summed E-state index contributed by atoms with van der Waals surface area (Å²) in [5.41, 5.74) is 8.44. The van der Waals surface area contributed by atoms with Gasteiger partial charge in [-0.25, -0.2) is 4.98 Å². The average molecular weight is 336 g/mol. The van der Waals surface area contributed by atoms with Crippen LogP contribution in [0.1, 0.15) is 38.1 Å². The summed E-state index contributed by atoms with van der Waals surface area (Å²) < 4.78 is 3.27. The molecule has 2 N–H and O–H groups in total. The number of rotatable bonds is 6. The molecule has 108 valence electrons. The molecule has 0 radical (unpaired) electrons. The Morgan fingerprint density at radius 1 is 1.35 bits per heavy atom. The third-order valence-corrected chi connectivity index (χ3v) is 4.25. The van der Waals surface area contributed by atoms with Gasteiger partial charge in [-0.15, -0.1) is 0 Å². The molecule has 1 aromatic heterocycles. The number of aromatic nitrogens is 2. The Labute approximate surface area is 129 Å². The Morgan fingerprint density at radius 2 is 2.15 bits per heavy atom. The third-order valence-electron chi connectivity index (χ3n) is 3.51. The second-order valence-electron chi connectivity index (χ2n) is 5.11. The molecule has 20 heavy (non-hydrogen) atoms. The Hall–Kier alpha value is -1.13. The predicted molar refractivity (Wildman–Crippen MR) is 87.2 cm³/mol. The summed E-state index contributed by atoms with van der Waals surface area (Å²) >= 11 is 3.66. The molecule has 2 aromatic rings. The van der Waals surface area contributed by atoms with Crippen LogP contribution in [0.15, 0.2) is 35.1 Å². The molecular weight excluding hydrogens is 314 g/mol. The number of hydrogen-bond acceptors (Lipinski definition) is 2. The molecule has 1 aromatic carbocycles. The van der Waals surface area contributed by atoms with Crippen molar-refractivity contribution < 1.29 is 0 Å². The summed E-state index contributed by atoms with van der Waals surface area (Å²) in [4.78, 5) is 4.42. The Balaban J connectivity index is 2.26.